The Morgan fingerprint density at radius 1 is 1.03 bits per heavy atom. The van der Waals surface area contributed by atoms with Gasteiger partial charge in [-0.1, -0.05) is 12.1 Å². The van der Waals surface area contributed by atoms with Crippen LogP contribution >= 0.6 is 0 Å². The third kappa shape index (κ3) is 4.74. The van der Waals surface area contributed by atoms with Crippen molar-refractivity contribution in [2.45, 2.75) is 25.3 Å². The van der Waals surface area contributed by atoms with Gasteiger partial charge in [-0.15, -0.1) is 0 Å². The first-order valence-corrected chi connectivity index (χ1v) is 13.3. The van der Waals surface area contributed by atoms with E-state index in [0.29, 0.717) is 34.9 Å². The quantitative estimate of drug-likeness (QED) is 0.349. The predicted molar refractivity (Wildman–Crippen MR) is 146 cm³/mol. The van der Waals surface area contributed by atoms with E-state index in [-0.39, 0.29) is 17.6 Å². The predicted octanol–water partition coefficient (Wildman–Crippen LogP) is 3.71. The van der Waals surface area contributed by atoms with Crippen LogP contribution in [-0.2, 0) is 0 Å². The average Bonchev–Trinajstić information content (AvgIpc) is 3.38. The van der Waals surface area contributed by atoms with Crippen molar-refractivity contribution in [1.29, 1.82) is 0 Å². The molecule has 198 valence electrons. The minimum absolute atomic E-state index is 0.00774. The van der Waals surface area contributed by atoms with Crippen molar-refractivity contribution >= 4 is 34.5 Å². The van der Waals surface area contributed by atoms with Gasteiger partial charge in [-0.3, -0.25) is 14.7 Å². The van der Waals surface area contributed by atoms with Crippen LogP contribution in [0.2, 0.25) is 0 Å². The first-order chi connectivity index (χ1) is 18.6. The molecule has 38 heavy (non-hydrogen) atoms. The number of hydrogen-bond acceptors (Lipinski definition) is 8. The molecule has 9 heteroatoms. The van der Waals surface area contributed by atoms with Gasteiger partial charge in [-0.05, 0) is 37.5 Å². The Balaban J connectivity index is 1.04. The minimum Gasteiger partial charge on any atom is -0.493 e. The number of piperazine rings is 1. The number of methoxy groups -OCH3 is 1. The van der Waals surface area contributed by atoms with Crippen molar-refractivity contribution in [3.05, 3.63) is 58.4 Å². The summed E-state index contributed by atoms with van der Waals surface area (Å²) in [7, 11) is 1.59. The fourth-order valence-electron chi connectivity index (χ4n) is 5.66. The van der Waals surface area contributed by atoms with Crippen molar-refractivity contribution in [1.82, 2.24) is 9.80 Å². The summed E-state index contributed by atoms with van der Waals surface area (Å²) in [6, 6.07) is 12.9. The summed E-state index contributed by atoms with van der Waals surface area (Å²) in [6.07, 6.45) is 4.70. The monoisotopic (exact) mass is 516 g/mol. The number of fused-ring (bicyclic) bond motifs is 3. The van der Waals surface area contributed by atoms with E-state index >= 15 is 0 Å². The number of rotatable bonds is 7. The van der Waals surface area contributed by atoms with Gasteiger partial charge in [0.05, 0.1) is 36.7 Å². The molecule has 2 aromatic carbocycles. The summed E-state index contributed by atoms with van der Waals surface area (Å²) >= 11 is 0. The molecule has 1 amide bonds. The first kappa shape index (κ1) is 24.5. The van der Waals surface area contributed by atoms with Gasteiger partial charge in [-0.2, -0.15) is 0 Å². The second-order valence-electron chi connectivity index (χ2n) is 9.98. The van der Waals surface area contributed by atoms with Crippen LogP contribution in [0.25, 0.3) is 11.0 Å². The molecule has 0 radical (unpaired) electrons. The molecule has 2 saturated heterocycles. The number of hydrogen-bond donors (Lipinski definition) is 0. The van der Waals surface area contributed by atoms with Crippen molar-refractivity contribution in [2.75, 3.05) is 57.9 Å². The molecule has 3 aromatic rings. The highest BCUT2D eigenvalue weighted by Crippen LogP contribution is 2.38. The van der Waals surface area contributed by atoms with Crippen LogP contribution in [0, 0.1) is 0 Å². The zero-order valence-electron chi connectivity index (χ0n) is 21.6. The Kier molecular flexibility index (Phi) is 6.76. The van der Waals surface area contributed by atoms with Gasteiger partial charge in [0.2, 0.25) is 0 Å². The molecular formula is C29H32N4O5. The molecule has 0 saturated carbocycles. The maximum atomic E-state index is 13.0. The number of carbonyl (C=O) groups excluding carboxylic acids is 1. The van der Waals surface area contributed by atoms with Crippen LogP contribution in [0.1, 0.15) is 29.6 Å². The lowest BCUT2D eigenvalue weighted by molar-refractivity contribution is 0.0774. The van der Waals surface area contributed by atoms with Crippen LogP contribution in [0.3, 0.4) is 0 Å². The van der Waals surface area contributed by atoms with E-state index in [1.54, 1.807) is 19.2 Å². The molecule has 6 rings (SSSR count). The molecule has 1 atom stereocenters. The Morgan fingerprint density at radius 2 is 1.87 bits per heavy atom. The van der Waals surface area contributed by atoms with Gasteiger partial charge in [-0.25, -0.2) is 4.79 Å². The van der Waals surface area contributed by atoms with Crippen molar-refractivity contribution < 1.29 is 18.7 Å². The summed E-state index contributed by atoms with van der Waals surface area (Å²) in [5.74, 6) is 1.17. The highest BCUT2D eigenvalue weighted by Gasteiger charge is 2.32. The zero-order valence-corrected chi connectivity index (χ0v) is 21.6. The maximum absolute atomic E-state index is 13.0. The second-order valence-corrected chi connectivity index (χ2v) is 9.98. The molecule has 0 bridgehead atoms. The number of benzene rings is 2. The first-order valence-electron chi connectivity index (χ1n) is 13.3. The lowest BCUT2D eigenvalue weighted by atomic mass is 10.1. The number of anilines is 1. The van der Waals surface area contributed by atoms with E-state index in [2.05, 4.69) is 14.8 Å². The third-order valence-corrected chi connectivity index (χ3v) is 7.68. The van der Waals surface area contributed by atoms with E-state index in [0.717, 1.165) is 69.6 Å². The molecule has 3 aliphatic rings. The number of nitrogens with zero attached hydrogens (tertiary/aromatic N) is 4. The number of ether oxygens (including phenoxy) is 2. The number of aliphatic imine (C=N–C) groups is 1. The van der Waals surface area contributed by atoms with Crippen LogP contribution in [-0.4, -0.2) is 80.9 Å². The Labute approximate surface area is 221 Å². The fourth-order valence-corrected chi connectivity index (χ4v) is 5.66. The highest BCUT2D eigenvalue weighted by atomic mass is 16.5. The van der Waals surface area contributed by atoms with E-state index < -0.39 is 0 Å². The van der Waals surface area contributed by atoms with Crippen molar-refractivity contribution in [2.24, 2.45) is 4.99 Å². The van der Waals surface area contributed by atoms with Gasteiger partial charge in [0, 0.05) is 63.0 Å². The molecule has 1 aromatic heterocycles. The lowest BCUT2D eigenvalue weighted by Gasteiger charge is -2.36. The summed E-state index contributed by atoms with van der Waals surface area (Å²) in [6.45, 7) is 5.71. The Bertz CT molecular complexity index is 1430. The largest absolute Gasteiger partial charge is 0.493 e. The molecule has 9 nitrogen and oxygen atoms in total. The summed E-state index contributed by atoms with van der Waals surface area (Å²) in [5.41, 5.74) is 2.45. The van der Waals surface area contributed by atoms with Crippen LogP contribution in [0.15, 0.2) is 56.7 Å². The molecule has 0 N–H and O–H groups in total. The van der Waals surface area contributed by atoms with Gasteiger partial charge in [0.15, 0.2) is 11.5 Å². The standard InChI is InChI=1S/C29H32N4O5/c1-36-26-16-22-23(30-19-20-6-4-10-33(20)29(22)35)17-27(26)37-15-5-9-31-11-13-32(14-12-31)24-18-28(34)38-25-8-3-2-7-21(24)25/h2-3,7-8,16-20H,4-6,9-15H2,1H3/t20-/m0/s1. The van der Waals surface area contributed by atoms with Gasteiger partial charge < -0.3 is 23.7 Å². The van der Waals surface area contributed by atoms with Gasteiger partial charge in [0.25, 0.3) is 5.91 Å². The normalized spacial score (nSPS) is 19.4. The summed E-state index contributed by atoms with van der Waals surface area (Å²) < 4.78 is 17.0. The molecule has 4 heterocycles. The number of amides is 1. The van der Waals surface area contributed by atoms with Gasteiger partial charge in [0.1, 0.15) is 5.58 Å². The smallest absolute Gasteiger partial charge is 0.338 e. The SMILES string of the molecule is COc1cc2c(cc1OCCCN1CCN(c3cc(=O)oc4ccccc34)CC1)N=C[C@@H]1CCCN1C2=O. The topological polar surface area (TPSA) is 87.8 Å². The van der Waals surface area contributed by atoms with Crippen LogP contribution in [0.4, 0.5) is 11.4 Å². The summed E-state index contributed by atoms with van der Waals surface area (Å²) in [4.78, 5) is 36.3. The Hall–Kier alpha value is -3.85. The highest BCUT2D eigenvalue weighted by molar-refractivity contribution is 6.03. The number of para-hydroxylation sites is 1. The van der Waals surface area contributed by atoms with Crippen molar-refractivity contribution in [3.63, 3.8) is 0 Å². The Morgan fingerprint density at radius 3 is 2.71 bits per heavy atom. The third-order valence-electron chi connectivity index (χ3n) is 7.68. The van der Waals surface area contributed by atoms with E-state index in [1.165, 1.54) is 0 Å². The molecular weight excluding hydrogens is 484 g/mol. The number of carbonyl (C=O) groups is 1. The van der Waals surface area contributed by atoms with Crippen molar-refractivity contribution in [3.8, 4) is 11.5 Å². The molecule has 0 aliphatic carbocycles. The van der Waals surface area contributed by atoms with Crippen LogP contribution < -0.4 is 20.0 Å². The lowest BCUT2D eigenvalue weighted by Crippen LogP contribution is -2.47. The fraction of sp³-hybridized carbons (Fsp3) is 0.414. The average molecular weight is 517 g/mol. The molecule has 2 fully saturated rings. The zero-order chi connectivity index (χ0) is 26.1. The maximum Gasteiger partial charge on any atom is 0.338 e. The molecule has 0 spiro atoms. The molecule has 3 aliphatic heterocycles. The van der Waals surface area contributed by atoms with E-state index in [4.69, 9.17) is 13.9 Å². The summed E-state index contributed by atoms with van der Waals surface area (Å²) in [5, 5.41) is 0.968. The van der Waals surface area contributed by atoms with Gasteiger partial charge >= 0.3 is 5.63 Å². The second kappa shape index (κ2) is 10.5. The minimum atomic E-state index is -0.318. The van der Waals surface area contributed by atoms with Crippen LogP contribution in [0.5, 0.6) is 11.5 Å². The molecule has 0 unspecified atom stereocenters. The van der Waals surface area contributed by atoms with E-state index in [1.807, 2.05) is 41.4 Å². The van der Waals surface area contributed by atoms with E-state index in [9.17, 15) is 9.59 Å².